The van der Waals surface area contributed by atoms with Crippen molar-refractivity contribution in [2.24, 2.45) is 7.05 Å². The largest absolute Gasteiger partial charge is 0.495 e. The number of aryl methyl sites for hydroxylation is 1. The van der Waals surface area contributed by atoms with Crippen molar-refractivity contribution in [3.05, 3.63) is 48.8 Å². The molecule has 0 spiro atoms. The number of ether oxygens (including phenoxy) is 1. The van der Waals surface area contributed by atoms with Crippen molar-refractivity contribution < 1.29 is 4.74 Å². The second kappa shape index (κ2) is 4.18. The Morgan fingerprint density at radius 1 is 1.11 bits per heavy atom. The molecule has 0 aliphatic rings. The maximum Gasteiger partial charge on any atom is 0.137 e. The van der Waals surface area contributed by atoms with E-state index in [1.165, 1.54) is 10.9 Å². The summed E-state index contributed by atoms with van der Waals surface area (Å²) in [5.74, 6) is 0.776. The molecule has 3 aromatic rings. The molecule has 0 aliphatic heterocycles. The van der Waals surface area contributed by atoms with Gasteiger partial charge in [0.05, 0.1) is 19.0 Å². The van der Waals surface area contributed by atoms with Crippen LogP contribution in [0.3, 0.4) is 0 Å². The van der Waals surface area contributed by atoms with Crippen LogP contribution in [-0.4, -0.2) is 16.7 Å². The Labute approximate surface area is 106 Å². The third kappa shape index (κ3) is 1.64. The highest BCUT2D eigenvalue weighted by Gasteiger charge is 2.08. The molecule has 0 radical (unpaired) electrons. The Hall–Kier alpha value is -2.29. The van der Waals surface area contributed by atoms with Crippen LogP contribution in [0.1, 0.15) is 0 Å². The minimum Gasteiger partial charge on any atom is -0.495 e. The van der Waals surface area contributed by atoms with Gasteiger partial charge in [-0.15, -0.1) is 0 Å². The second-order valence-corrected chi connectivity index (χ2v) is 4.26. The van der Waals surface area contributed by atoms with Gasteiger partial charge in [0, 0.05) is 29.7 Å². The number of methoxy groups -OCH3 is 1. The average molecular weight is 238 g/mol. The molecule has 0 saturated heterocycles. The number of pyridine rings is 1. The molecule has 0 bridgehead atoms. The van der Waals surface area contributed by atoms with Crippen LogP contribution >= 0.6 is 0 Å². The predicted octanol–water partition coefficient (Wildman–Crippen LogP) is 3.25. The zero-order chi connectivity index (χ0) is 12.5. The molecule has 18 heavy (non-hydrogen) atoms. The van der Waals surface area contributed by atoms with Gasteiger partial charge in [0.15, 0.2) is 0 Å². The zero-order valence-electron chi connectivity index (χ0n) is 10.4. The Balaban J connectivity index is 2.21. The predicted molar refractivity (Wildman–Crippen MR) is 72.7 cm³/mol. The van der Waals surface area contributed by atoms with E-state index in [2.05, 4.69) is 46.9 Å². The number of nitrogens with zero attached hydrogens (tertiary/aromatic N) is 2. The summed E-state index contributed by atoms with van der Waals surface area (Å²) in [5.41, 5.74) is 3.42. The molecule has 2 heterocycles. The summed E-state index contributed by atoms with van der Waals surface area (Å²) >= 11 is 0. The Bertz CT molecular complexity index is 701. The number of benzene rings is 1. The Morgan fingerprint density at radius 2 is 1.94 bits per heavy atom. The Kier molecular flexibility index (Phi) is 2.52. The average Bonchev–Trinajstić information content (AvgIpc) is 2.77. The number of hydrogen-bond acceptors (Lipinski definition) is 2. The highest BCUT2D eigenvalue weighted by molar-refractivity contribution is 5.86. The molecule has 0 saturated carbocycles. The van der Waals surface area contributed by atoms with Crippen LogP contribution in [0.15, 0.2) is 48.8 Å². The van der Waals surface area contributed by atoms with Crippen LogP contribution in [0.5, 0.6) is 5.75 Å². The lowest BCUT2D eigenvalue weighted by molar-refractivity contribution is 0.413. The van der Waals surface area contributed by atoms with Crippen LogP contribution in [0, 0.1) is 0 Å². The van der Waals surface area contributed by atoms with E-state index in [4.69, 9.17) is 4.74 Å². The fourth-order valence-corrected chi connectivity index (χ4v) is 2.24. The molecule has 0 N–H and O–H groups in total. The van der Waals surface area contributed by atoms with E-state index >= 15 is 0 Å². The van der Waals surface area contributed by atoms with Crippen LogP contribution in [0.2, 0.25) is 0 Å². The Morgan fingerprint density at radius 3 is 2.72 bits per heavy atom. The molecular formula is C15H14N2O. The zero-order valence-corrected chi connectivity index (χ0v) is 10.4. The number of rotatable bonds is 2. The fraction of sp³-hybridized carbons (Fsp3) is 0.133. The molecule has 3 heteroatoms. The summed E-state index contributed by atoms with van der Waals surface area (Å²) in [7, 11) is 3.72. The van der Waals surface area contributed by atoms with Crippen molar-refractivity contribution in [3.63, 3.8) is 0 Å². The molecule has 0 fully saturated rings. The lowest BCUT2D eigenvalue weighted by Gasteiger charge is -2.05. The summed E-state index contributed by atoms with van der Waals surface area (Å²) in [6.07, 6.45) is 3.57. The maximum atomic E-state index is 5.22. The summed E-state index contributed by atoms with van der Waals surface area (Å²) in [5, 5.41) is 1.23. The SMILES string of the molecule is COc1cncc(-c2cc3ccccc3n2C)c1. The monoisotopic (exact) mass is 238 g/mol. The number of fused-ring (bicyclic) bond motifs is 1. The molecular weight excluding hydrogens is 224 g/mol. The van der Waals surface area contributed by atoms with Crippen molar-refractivity contribution in [2.75, 3.05) is 7.11 Å². The van der Waals surface area contributed by atoms with E-state index in [9.17, 15) is 0 Å². The van der Waals surface area contributed by atoms with Gasteiger partial charge in [-0.3, -0.25) is 4.98 Å². The van der Waals surface area contributed by atoms with E-state index in [1.807, 2.05) is 12.3 Å². The maximum absolute atomic E-state index is 5.22. The molecule has 90 valence electrons. The van der Waals surface area contributed by atoms with E-state index in [0.717, 1.165) is 17.0 Å². The summed E-state index contributed by atoms with van der Waals surface area (Å²) in [6.45, 7) is 0. The third-order valence-electron chi connectivity index (χ3n) is 3.20. The summed E-state index contributed by atoms with van der Waals surface area (Å²) in [6, 6.07) is 12.5. The molecule has 0 amide bonds. The van der Waals surface area contributed by atoms with Gasteiger partial charge in [0.2, 0.25) is 0 Å². The van der Waals surface area contributed by atoms with E-state index < -0.39 is 0 Å². The quantitative estimate of drug-likeness (QED) is 0.685. The third-order valence-corrected chi connectivity index (χ3v) is 3.20. The minimum atomic E-state index is 0.776. The van der Waals surface area contributed by atoms with Gasteiger partial charge in [-0.1, -0.05) is 18.2 Å². The van der Waals surface area contributed by atoms with E-state index in [0.29, 0.717) is 0 Å². The smallest absolute Gasteiger partial charge is 0.137 e. The van der Waals surface area contributed by atoms with Gasteiger partial charge in [-0.2, -0.15) is 0 Å². The number of hydrogen-bond donors (Lipinski definition) is 0. The highest BCUT2D eigenvalue weighted by atomic mass is 16.5. The first-order chi connectivity index (χ1) is 8.79. The summed E-state index contributed by atoms with van der Waals surface area (Å²) in [4.78, 5) is 4.20. The van der Waals surface area contributed by atoms with Crippen LogP contribution in [-0.2, 0) is 7.05 Å². The molecule has 0 atom stereocenters. The van der Waals surface area contributed by atoms with Gasteiger partial charge < -0.3 is 9.30 Å². The fourth-order valence-electron chi connectivity index (χ4n) is 2.24. The molecule has 2 aromatic heterocycles. The van der Waals surface area contributed by atoms with Gasteiger partial charge >= 0.3 is 0 Å². The molecule has 1 aromatic carbocycles. The van der Waals surface area contributed by atoms with Crippen molar-refractivity contribution in [1.82, 2.24) is 9.55 Å². The van der Waals surface area contributed by atoms with Crippen molar-refractivity contribution >= 4 is 10.9 Å². The lowest BCUT2D eigenvalue weighted by Crippen LogP contribution is -1.92. The summed E-state index contributed by atoms with van der Waals surface area (Å²) < 4.78 is 7.39. The minimum absolute atomic E-state index is 0.776. The molecule has 0 aliphatic carbocycles. The topological polar surface area (TPSA) is 27.1 Å². The first-order valence-electron chi connectivity index (χ1n) is 5.83. The standard InChI is InChI=1S/C15H14N2O/c1-17-14-6-4-3-5-11(14)8-15(17)12-7-13(18-2)10-16-9-12/h3-10H,1-2H3. The van der Waals surface area contributed by atoms with Gasteiger partial charge in [-0.25, -0.2) is 0 Å². The number of para-hydroxylation sites is 1. The van der Waals surface area contributed by atoms with Gasteiger partial charge in [0.1, 0.15) is 5.75 Å². The molecule has 3 rings (SSSR count). The molecule has 0 unspecified atom stereocenters. The number of aromatic nitrogens is 2. The second-order valence-electron chi connectivity index (χ2n) is 4.26. The van der Waals surface area contributed by atoms with Crippen LogP contribution in [0.25, 0.3) is 22.2 Å². The first-order valence-corrected chi connectivity index (χ1v) is 5.83. The lowest BCUT2D eigenvalue weighted by atomic mass is 10.2. The van der Waals surface area contributed by atoms with E-state index in [1.54, 1.807) is 13.3 Å². The first kappa shape index (κ1) is 10.8. The van der Waals surface area contributed by atoms with Crippen molar-refractivity contribution in [1.29, 1.82) is 0 Å². The highest BCUT2D eigenvalue weighted by Crippen LogP contribution is 2.28. The van der Waals surface area contributed by atoms with Gasteiger partial charge in [0.25, 0.3) is 0 Å². The molecule has 3 nitrogen and oxygen atoms in total. The van der Waals surface area contributed by atoms with Crippen molar-refractivity contribution in [2.45, 2.75) is 0 Å². The van der Waals surface area contributed by atoms with Crippen LogP contribution < -0.4 is 4.74 Å². The normalized spacial score (nSPS) is 10.8. The van der Waals surface area contributed by atoms with E-state index in [-0.39, 0.29) is 0 Å². The van der Waals surface area contributed by atoms with Crippen molar-refractivity contribution in [3.8, 4) is 17.0 Å². The van der Waals surface area contributed by atoms with Gasteiger partial charge in [-0.05, 0) is 18.2 Å². The van der Waals surface area contributed by atoms with Crippen LogP contribution in [0.4, 0.5) is 0 Å².